The Bertz CT molecular complexity index is 36.9. The molecule has 1 fully saturated rings. The molecule has 1 aliphatic heterocycles. The van der Waals surface area contributed by atoms with Crippen LogP contribution in [-0.2, 0) is 9.47 Å². The molecule has 3 heteroatoms. The van der Waals surface area contributed by atoms with Crippen molar-refractivity contribution in [2.75, 3.05) is 34.7 Å². The molecule has 0 atom stereocenters. The van der Waals surface area contributed by atoms with Gasteiger partial charge < -0.3 is 14.4 Å². The lowest BCUT2D eigenvalue weighted by Crippen LogP contribution is -2.14. The van der Waals surface area contributed by atoms with Gasteiger partial charge in [0.1, 0.15) is 0 Å². The van der Waals surface area contributed by atoms with Crippen molar-refractivity contribution in [3.63, 3.8) is 0 Å². The lowest BCUT2D eigenvalue weighted by molar-refractivity contribution is -0.247. The summed E-state index contributed by atoms with van der Waals surface area (Å²) in [6, 6.07) is 0. The molecular weight excluding hydrogens is 106 g/mol. The van der Waals surface area contributed by atoms with Crippen LogP contribution in [0.2, 0.25) is 0 Å². The van der Waals surface area contributed by atoms with Gasteiger partial charge >= 0.3 is 0 Å². The molecule has 1 aliphatic rings. The van der Waals surface area contributed by atoms with E-state index in [4.69, 9.17) is 0 Å². The summed E-state index contributed by atoms with van der Waals surface area (Å²) in [4.78, 5) is 2.00. The van der Waals surface area contributed by atoms with Crippen LogP contribution < -0.4 is 0 Å². The highest BCUT2D eigenvalue weighted by Crippen LogP contribution is 1.87. The van der Waals surface area contributed by atoms with E-state index in [1.54, 1.807) is 0 Å². The molecule has 0 bridgehead atoms. The highest BCUT2D eigenvalue weighted by Gasteiger charge is 1.93. The van der Waals surface area contributed by atoms with Crippen LogP contribution in [0.3, 0.4) is 0 Å². The predicted molar refractivity (Wildman–Crippen MR) is 31.5 cm³/mol. The van der Waals surface area contributed by atoms with Gasteiger partial charge in [-0.1, -0.05) is 0 Å². The van der Waals surface area contributed by atoms with E-state index in [2.05, 4.69) is 9.47 Å². The van der Waals surface area contributed by atoms with Crippen LogP contribution in [0.1, 0.15) is 0 Å². The Morgan fingerprint density at radius 3 is 1.12 bits per heavy atom. The molecule has 0 radical (unpaired) electrons. The topological polar surface area (TPSA) is 21.7 Å². The zero-order valence-corrected chi connectivity index (χ0v) is 5.68. The first-order chi connectivity index (χ1) is 3.73. The maximum Gasteiger partial charge on any atom is 0.152 e. The van der Waals surface area contributed by atoms with E-state index >= 15 is 0 Å². The summed E-state index contributed by atoms with van der Waals surface area (Å²) in [5.74, 6) is 0. The fraction of sp³-hybridized carbons (Fsp3) is 1.00. The predicted octanol–water partition coefficient (Wildman–Crippen LogP) is 0.126. The zero-order chi connectivity index (χ0) is 6.41. The average molecular weight is 119 g/mol. The first-order valence-electron chi connectivity index (χ1n) is 2.50. The Morgan fingerprint density at radius 2 is 1.12 bits per heavy atom. The summed E-state index contributed by atoms with van der Waals surface area (Å²) in [6.07, 6.45) is 0. The molecule has 0 N–H and O–H groups in total. The molecular formula is C5H13NO2. The van der Waals surface area contributed by atoms with Gasteiger partial charge in [0.25, 0.3) is 0 Å². The number of rotatable bonds is 0. The molecule has 8 heavy (non-hydrogen) atoms. The standard InChI is InChI=1S/C3H9N.C2H4O2/c1-4(2)3;1-3-2-4-1/h1-3H3;1-2H2. The van der Waals surface area contributed by atoms with Gasteiger partial charge in [0.15, 0.2) is 13.6 Å². The lowest BCUT2D eigenvalue weighted by Gasteiger charge is -2.10. The van der Waals surface area contributed by atoms with Crippen molar-refractivity contribution in [3.05, 3.63) is 0 Å². The molecule has 0 saturated carbocycles. The normalized spacial score (nSPS) is 16.5. The largest absolute Gasteiger partial charge is 0.329 e. The molecule has 1 rings (SSSR count). The van der Waals surface area contributed by atoms with E-state index in [-0.39, 0.29) is 0 Å². The Balaban J connectivity index is 0.000000122. The average Bonchev–Trinajstić information content (AvgIpc) is 1.19. The van der Waals surface area contributed by atoms with Crippen LogP contribution in [0.5, 0.6) is 0 Å². The highest BCUT2D eigenvalue weighted by atomic mass is 16.8. The summed E-state index contributed by atoms with van der Waals surface area (Å²) in [5.41, 5.74) is 0. The van der Waals surface area contributed by atoms with Crippen molar-refractivity contribution in [3.8, 4) is 0 Å². The monoisotopic (exact) mass is 119 g/mol. The Kier molecular flexibility index (Phi) is 4.95. The molecule has 50 valence electrons. The molecule has 0 unspecified atom stereocenters. The second-order valence-electron chi connectivity index (χ2n) is 1.99. The Hall–Kier alpha value is -0.120. The molecule has 0 amide bonds. The minimum Gasteiger partial charge on any atom is -0.329 e. The van der Waals surface area contributed by atoms with Gasteiger partial charge in [-0.25, -0.2) is 0 Å². The van der Waals surface area contributed by atoms with E-state index in [9.17, 15) is 0 Å². The van der Waals surface area contributed by atoms with Gasteiger partial charge in [-0.2, -0.15) is 0 Å². The summed E-state index contributed by atoms with van der Waals surface area (Å²) >= 11 is 0. The first kappa shape index (κ1) is 7.88. The van der Waals surface area contributed by atoms with E-state index in [1.165, 1.54) is 0 Å². The molecule has 3 nitrogen and oxygen atoms in total. The minimum absolute atomic E-state index is 0.500. The van der Waals surface area contributed by atoms with E-state index in [0.717, 1.165) is 0 Å². The third-order valence-electron chi connectivity index (χ3n) is 0.333. The summed E-state index contributed by atoms with van der Waals surface area (Å²) < 4.78 is 9.00. The van der Waals surface area contributed by atoms with Gasteiger partial charge in [0.2, 0.25) is 0 Å². The third kappa shape index (κ3) is 9.30. The number of ether oxygens (including phenoxy) is 2. The number of hydrogen-bond acceptors (Lipinski definition) is 3. The molecule has 0 aromatic rings. The van der Waals surface area contributed by atoms with Gasteiger partial charge in [-0.3, -0.25) is 0 Å². The van der Waals surface area contributed by atoms with Crippen LogP contribution in [0, 0.1) is 0 Å². The quantitative estimate of drug-likeness (QED) is 0.452. The molecule has 0 spiro atoms. The third-order valence-corrected chi connectivity index (χ3v) is 0.333. The van der Waals surface area contributed by atoms with Gasteiger partial charge in [0.05, 0.1) is 0 Å². The fourth-order valence-corrected chi connectivity index (χ4v) is 0.0833. The van der Waals surface area contributed by atoms with Crippen molar-refractivity contribution in [1.82, 2.24) is 4.90 Å². The van der Waals surface area contributed by atoms with Crippen molar-refractivity contribution in [2.45, 2.75) is 0 Å². The van der Waals surface area contributed by atoms with Crippen molar-refractivity contribution in [2.24, 2.45) is 0 Å². The van der Waals surface area contributed by atoms with E-state index in [0.29, 0.717) is 13.6 Å². The molecule has 1 heterocycles. The van der Waals surface area contributed by atoms with Crippen molar-refractivity contribution >= 4 is 0 Å². The molecule has 0 aromatic carbocycles. The molecule has 0 aromatic heterocycles. The van der Waals surface area contributed by atoms with Gasteiger partial charge in [0, 0.05) is 0 Å². The van der Waals surface area contributed by atoms with Crippen LogP contribution >= 0.6 is 0 Å². The minimum atomic E-state index is 0.500. The molecule has 0 aliphatic carbocycles. The Morgan fingerprint density at radius 1 is 1.00 bits per heavy atom. The van der Waals surface area contributed by atoms with E-state index < -0.39 is 0 Å². The number of hydrogen-bond donors (Lipinski definition) is 0. The maximum atomic E-state index is 4.50. The van der Waals surface area contributed by atoms with Crippen LogP contribution in [0.25, 0.3) is 0 Å². The summed E-state index contributed by atoms with van der Waals surface area (Å²) in [5, 5.41) is 0. The highest BCUT2D eigenvalue weighted by molar-refractivity contribution is 4.09. The molecule has 1 saturated heterocycles. The number of nitrogens with zero attached hydrogens (tertiary/aromatic N) is 1. The zero-order valence-electron chi connectivity index (χ0n) is 5.68. The smallest absolute Gasteiger partial charge is 0.152 e. The summed E-state index contributed by atoms with van der Waals surface area (Å²) in [7, 11) is 6.00. The van der Waals surface area contributed by atoms with Crippen LogP contribution in [-0.4, -0.2) is 39.6 Å². The van der Waals surface area contributed by atoms with E-state index in [1.807, 2.05) is 26.0 Å². The van der Waals surface area contributed by atoms with Gasteiger partial charge in [-0.05, 0) is 21.1 Å². The first-order valence-corrected chi connectivity index (χ1v) is 2.50. The fourth-order valence-electron chi connectivity index (χ4n) is 0.0833. The van der Waals surface area contributed by atoms with Crippen molar-refractivity contribution in [1.29, 1.82) is 0 Å². The SMILES string of the molecule is C1OCO1.CN(C)C. The lowest BCUT2D eigenvalue weighted by atomic mass is 11.0. The Labute approximate surface area is 50.2 Å². The second kappa shape index (κ2) is 5.03. The summed E-state index contributed by atoms with van der Waals surface area (Å²) in [6.45, 7) is 1.00. The van der Waals surface area contributed by atoms with Crippen molar-refractivity contribution < 1.29 is 9.47 Å². The second-order valence-corrected chi connectivity index (χ2v) is 1.99. The van der Waals surface area contributed by atoms with Crippen LogP contribution in [0.4, 0.5) is 0 Å². The van der Waals surface area contributed by atoms with Gasteiger partial charge in [-0.15, -0.1) is 0 Å². The maximum absolute atomic E-state index is 4.50. The van der Waals surface area contributed by atoms with Crippen LogP contribution in [0.15, 0.2) is 0 Å².